The standard InChI is InChI=1S/C26H30N2O6/c1-2-33-26(32)21-13-15-28(16-14-21)23(29)18-34-24(30)17-22(19-9-5-3-6-10-19)27-25(31)20-11-7-4-8-12-20/h3-12,21-22H,2,13-18H2,1H3,(H,27,31). The largest absolute Gasteiger partial charge is 0.466 e. The van der Waals surface area contributed by atoms with Gasteiger partial charge in [0.05, 0.1) is 25.0 Å². The number of carbonyl (C=O) groups excluding carboxylic acids is 4. The molecule has 0 bridgehead atoms. The summed E-state index contributed by atoms with van der Waals surface area (Å²) in [5.41, 5.74) is 1.24. The average molecular weight is 467 g/mol. The zero-order chi connectivity index (χ0) is 24.3. The van der Waals surface area contributed by atoms with Gasteiger partial charge in [0.2, 0.25) is 0 Å². The van der Waals surface area contributed by atoms with Crippen molar-refractivity contribution < 1.29 is 28.7 Å². The summed E-state index contributed by atoms with van der Waals surface area (Å²) in [5.74, 6) is -1.63. The number of benzene rings is 2. The summed E-state index contributed by atoms with van der Waals surface area (Å²) < 4.78 is 10.3. The lowest BCUT2D eigenvalue weighted by Gasteiger charge is -2.30. The van der Waals surface area contributed by atoms with E-state index in [0.717, 1.165) is 5.56 Å². The van der Waals surface area contributed by atoms with Crippen molar-refractivity contribution in [3.63, 3.8) is 0 Å². The van der Waals surface area contributed by atoms with Gasteiger partial charge < -0.3 is 19.7 Å². The molecular weight excluding hydrogens is 436 g/mol. The fraction of sp³-hybridized carbons (Fsp3) is 0.385. The summed E-state index contributed by atoms with van der Waals surface area (Å²) in [6.45, 7) is 2.56. The first kappa shape index (κ1) is 25.0. The van der Waals surface area contributed by atoms with Crippen LogP contribution in [0.15, 0.2) is 60.7 Å². The highest BCUT2D eigenvalue weighted by Gasteiger charge is 2.29. The Bertz CT molecular complexity index is 971. The van der Waals surface area contributed by atoms with Crippen molar-refractivity contribution in [3.8, 4) is 0 Å². The predicted molar refractivity (Wildman–Crippen MR) is 125 cm³/mol. The van der Waals surface area contributed by atoms with Crippen LogP contribution in [0, 0.1) is 5.92 Å². The molecule has 1 saturated heterocycles. The van der Waals surface area contributed by atoms with E-state index in [2.05, 4.69) is 5.32 Å². The molecule has 1 aliphatic rings. The molecular formula is C26H30N2O6. The molecule has 0 spiro atoms. The molecule has 1 atom stereocenters. The van der Waals surface area contributed by atoms with E-state index in [1.54, 1.807) is 36.1 Å². The molecule has 1 heterocycles. The molecule has 2 amide bonds. The van der Waals surface area contributed by atoms with Crippen LogP contribution < -0.4 is 5.32 Å². The predicted octanol–water partition coefficient (Wildman–Crippen LogP) is 2.89. The summed E-state index contributed by atoms with van der Waals surface area (Å²) in [4.78, 5) is 51.1. The van der Waals surface area contributed by atoms with Gasteiger partial charge in [0.25, 0.3) is 11.8 Å². The topological polar surface area (TPSA) is 102 Å². The van der Waals surface area contributed by atoms with Crippen LogP contribution in [-0.2, 0) is 23.9 Å². The molecule has 0 aliphatic carbocycles. The van der Waals surface area contributed by atoms with Crippen LogP contribution in [-0.4, -0.2) is 55.0 Å². The Kier molecular flexibility index (Phi) is 9.20. The van der Waals surface area contributed by atoms with Crippen LogP contribution in [0.3, 0.4) is 0 Å². The third-order valence-electron chi connectivity index (χ3n) is 5.74. The Morgan fingerprint density at radius 3 is 2.18 bits per heavy atom. The molecule has 8 heteroatoms. The Labute approximate surface area is 199 Å². The fourth-order valence-electron chi connectivity index (χ4n) is 3.85. The van der Waals surface area contributed by atoms with Crippen molar-refractivity contribution in [2.45, 2.75) is 32.2 Å². The SMILES string of the molecule is CCOC(=O)C1CCN(C(=O)COC(=O)CC(NC(=O)c2ccccc2)c2ccccc2)CC1. The molecule has 3 rings (SSSR count). The normalized spacial score (nSPS) is 14.7. The molecule has 1 aliphatic heterocycles. The number of nitrogens with one attached hydrogen (secondary N) is 1. The second-order valence-corrected chi connectivity index (χ2v) is 8.07. The Morgan fingerprint density at radius 1 is 0.941 bits per heavy atom. The lowest BCUT2D eigenvalue weighted by atomic mass is 9.97. The third-order valence-corrected chi connectivity index (χ3v) is 5.74. The minimum Gasteiger partial charge on any atom is -0.466 e. The van der Waals surface area contributed by atoms with Crippen molar-refractivity contribution in [2.24, 2.45) is 5.92 Å². The van der Waals surface area contributed by atoms with Crippen molar-refractivity contribution in [1.29, 1.82) is 0 Å². The van der Waals surface area contributed by atoms with Crippen molar-refractivity contribution in [3.05, 3.63) is 71.8 Å². The first-order valence-corrected chi connectivity index (χ1v) is 11.5. The van der Waals surface area contributed by atoms with E-state index in [9.17, 15) is 19.2 Å². The smallest absolute Gasteiger partial charge is 0.309 e. The van der Waals surface area contributed by atoms with Gasteiger partial charge in [0.1, 0.15) is 0 Å². The summed E-state index contributed by atoms with van der Waals surface area (Å²) in [7, 11) is 0. The minimum atomic E-state index is -0.600. The van der Waals surface area contributed by atoms with E-state index < -0.39 is 12.0 Å². The molecule has 2 aromatic rings. The summed E-state index contributed by atoms with van der Waals surface area (Å²) >= 11 is 0. The zero-order valence-corrected chi connectivity index (χ0v) is 19.3. The molecule has 1 unspecified atom stereocenters. The number of ether oxygens (including phenoxy) is 2. The lowest BCUT2D eigenvalue weighted by Crippen LogP contribution is -2.42. The van der Waals surface area contributed by atoms with Crippen LogP contribution in [0.2, 0.25) is 0 Å². The Hall–Kier alpha value is -3.68. The summed E-state index contributed by atoms with van der Waals surface area (Å²) in [6, 6.07) is 17.3. The molecule has 1 fully saturated rings. The van der Waals surface area contributed by atoms with Gasteiger partial charge in [-0.05, 0) is 37.5 Å². The average Bonchev–Trinajstić information content (AvgIpc) is 2.88. The maximum Gasteiger partial charge on any atom is 0.309 e. The maximum atomic E-state index is 12.6. The van der Waals surface area contributed by atoms with Gasteiger partial charge in [-0.1, -0.05) is 48.5 Å². The highest BCUT2D eigenvalue weighted by Crippen LogP contribution is 2.20. The molecule has 180 valence electrons. The van der Waals surface area contributed by atoms with Crippen LogP contribution in [0.25, 0.3) is 0 Å². The van der Waals surface area contributed by atoms with E-state index >= 15 is 0 Å². The molecule has 0 radical (unpaired) electrons. The number of likely N-dealkylation sites (tertiary alicyclic amines) is 1. The Balaban J connectivity index is 1.52. The molecule has 8 nitrogen and oxygen atoms in total. The molecule has 34 heavy (non-hydrogen) atoms. The number of esters is 2. The van der Waals surface area contributed by atoms with E-state index in [4.69, 9.17) is 9.47 Å². The van der Waals surface area contributed by atoms with E-state index in [1.165, 1.54) is 0 Å². The van der Waals surface area contributed by atoms with Gasteiger partial charge >= 0.3 is 11.9 Å². The third kappa shape index (κ3) is 7.16. The molecule has 0 aromatic heterocycles. The number of carbonyl (C=O) groups is 4. The first-order chi connectivity index (χ1) is 16.5. The number of hydrogen-bond acceptors (Lipinski definition) is 6. The quantitative estimate of drug-likeness (QED) is 0.570. The van der Waals surface area contributed by atoms with Crippen LogP contribution in [0.5, 0.6) is 0 Å². The van der Waals surface area contributed by atoms with Gasteiger partial charge in [-0.15, -0.1) is 0 Å². The fourth-order valence-corrected chi connectivity index (χ4v) is 3.85. The molecule has 2 aromatic carbocycles. The van der Waals surface area contributed by atoms with Crippen LogP contribution in [0.4, 0.5) is 0 Å². The Morgan fingerprint density at radius 2 is 1.56 bits per heavy atom. The second kappa shape index (κ2) is 12.5. The van der Waals surface area contributed by atoms with E-state index in [1.807, 2.05) is 36.4 Å². The summed E-state index contributed by atoms with van der Waals surface area (Å²) in [5, 5.41) is 2.88. The van der Waals surface area contributed by atoms with Gasteiger partial charge in [-0.25, -0.2) is 0 Å². The van der Waals surface area contributed by atoms with Crippen molar-refractivity contribution >= 4 is 23.8 Å². The number of amides is 2. The second-order valence-electron chi connectivity index (χ2n) is 8.07. The van der Waals surface area contributed by atoms with Crippen LogP contribution in [0.1, 0.15) is 48.1 Å². The highest BCUT2D eigenvalue weighted by molar-refractivity contribution is 5.94. The number of piperidine rings is 1. The minimum absolute atomic E-state index is 0.110. The number of rotatable bonds is 9. The van der Waals surface area contributed by atoms with E-state index in [-0.39, 0.29) is 36.7 Å². The van der Waals surface area contributed by atoms with Crippen LogP contribution >= 0.6 is 0 Å². The van der Waals surface area contributed by atoms with Gasteiger partial charge in [-0.2, -0.15) is 0 Å². The number of nitrogens with zero attached hydrogens (tertiary/aromatic N) is 1. The first-order valence-electron chi connectivity index (χ1n) is 11.5. The van der Waals surface area contributed by atoms with Gasteiger partial charge in [0, 0.05) is 18.7 Å². The maximum absolute atomic E-state index is 12.6. The van der Waals surface area contributed by atoms with Crippen molar-refractivity contribution in [2.75, 3.05) is 26.3 Å². The van der Waals surface area contributed by atoms with Crippen molar-refractivity contribution in [1.82, 2.24) is 10.2 Å². The van der Waals surface area contributed by atoms with E-state index in [0.29, 0.717) is 38.1 Å². The summed E-state index contributed by atoms with van der Waals surface area (Å²) in [6.07, 6.45) is 0.945. The van der Waals surface area contributed by atoms with Gasteiger partial charge in [-0.3, -0.25) is 19.2 Å². The van der Waals surface area contributed by atoms with Gasteiger partial charge in [0.15, 0.2) is 6.61 Å². The number of hydrogen-bond donors (Lipinski definition) is 1. The monoisotopic (exact) mass is 466 g/mol. The highest BCUT2D eigenvalue weighted by atomic mass is 16.5. The molecule has 0 saturated carbocycles. The molecule has 1 N–H and O–H groups in total. The zero-order valence-electron chi connectivity index (χ0n) is 19.3. The lowest BCUT2D eigenvalue weighted by molar-refractivity contribution is -0.155.